The van der Waals surface area contributed by atoms with Crippen LogP contribution >= 0.6 is 0 Å². The summed E-state index contributed by atoms with van der Waals surface area (Å²) in [5.41, 5.74) is 1.86. The standard InChI is InChI=1S/C23H24N2O3/c1-14-10-15(2)12-25(11-14)13-20(26)24-19-9-5-8-18-21(19)23(28)17-7-4-3-6-16(17)22(18)27/h3-9,14-15H,10-13H2,1-2H3,(H,24,26)/t14-,15-/m1/s1. The first-order chi connectivity index (χ1) is 13.4. The van der Waals surface area contributed by atoms with E-state index in [1.165, 1.54) is 6.42 Å². The van der Waals surface area contributed by atoms with Crippen LogP contribution in [0.4, 0.5) is 5.69 Å². The van der Waals surface area contributed by atoms with Crippen LogP contribution < -0.4 is 5.32 Å². The van der Waals surface area contributed by atoms with Crippen molar-refractivity contribution in [2.75, 3.05) is 25.0 Å². The molecule has 2 aromatic carbocycles. The highest BCUT2D eigenvalue weighted by molar-refractivity contribution is 6.30. The maximum Gasteiger partial charge on any atom is 0.238 e. The average molecular weight is 376 g/mol. The van der Waals surface area contributed by atoms with E-state index in [0.29, 0.717) is 39.8 Å². The quantitative estimate of drug-likeness (QED) is 0.761. The number of carbonyl (C=O) groups is 3. The van der Waals surface area contributed by atoms with Gasteiger partial charge in [0.2, 0.25) is 5.91 Å². The fourth-order valence-corrected chi connectivity index (χ4v) is 4.56. The Morgan fingerprint density at radius 1 is 0.929 bits per heavy atom. The summed E-state index contributed by atoms with van der Waals surface area (Å²) in [5, 5.41) is 2.88. The molecule has 0 bridgehead atoms. The smallest absolute Gasteiger partial charge is 0.238 e. The second-order valence-corrected chi connectivity index (χ2v) is 8.12. The molecular weight excluding hydrogens is 352 g/mol. The minimum atomic E-state index is -0.221. The van der Waals surface area contributed by atoms with Crippen molar-refractivity contribution >= 4 is 23.2 Å². The van der Waals surface area contributed by atoms with Gasteiger partial charge in [-0.25, -0.2) is 0 Å². The third-order valence-electron chi connectivity index (χ3n) is 5.54. The second-order valence-electron chi connectivity index (χ2n) is 8.12. The molecule has 1 aliphatic heterocycles. The highest BCUT2D eigenvalue weighted by atomic mass is 16.2. The Labute approximate surface area is 164 Å². The Morgan fingerprint density at radius 2 is 1.54 bits per heavy atom. The van der Waals surface area contributed by atoms with Gasteiger partial charge >= 0.3 is 0 Å². The van der Waals surface area contributed by atoms with E-state index in [-0.39, 0.29) is 24.0 Å². The van der Waals surface area contributed by atoms with Crippen molar-refractivity contribution in [3.63, 3.8) is 0 Å². The summed E-state index contributed by atoms with van der Waals surface area (Å²) in [7, 11) is 0. The van der Waals surface area contributed by atoms with Crippen molar-refractivity contribution < 1.29 is 14.4 Å². The first-order valence-electron chi connectivity index (χ1n) is 9.77. The largest absolute Gasteiger partial charge is 0.324 e. The maximum atomic E-state index is 13.0. The maximum absolute atomic E-state index is 13.0. The van der Waals surface area contributed by atoms with Crippen molar-refractivity contribution in [2.45, 2.75) is 20.3 Å². The summed E-state index contributed by atoms with van der Waals surface area (Å²) in [6, 6.07) is 11.9. The predicted molar refractivity (Wildman–Crippen MR) is 108 cm³/mol. The lowest BCUT2D eigenvalue weighted by atomic mass is 9.83. The van der Waals surface area contributed by atoms with E-state index in [0.717, 1.165) is 13.1 Å². The zero-order chi connectivity index (χ0) is 19.8. The average Bonchev–Trinajstić information content (AvgIpc) is 2.65. The Bertz CT molecular complexity index is 956. The van der Waals surface area contributed by atoms with Crippen LogP contribution in [0.3, 0.4) is 0 Å². The molecule has 1 fully saturated rings. The van der Waals surface area contributed by atoms with Crippen molar-refractivity contribution in [1.82, 2.24) is 4.90 Å². The summed E-state index contributed by atoms with van der Waals surface area (Å²) < 4.78 is 0. The lowest BCUT2D eigenvalue weighted by Crippen LogP contribution is -2.43. The van der Waals surface area contributed by atoms with E-state index in [4.69, 9.17) is 0 Å². The van der Waals surface area contributed by atoms with E-state index >= 15 is 0 Å². The summed E-state index contributed by atoms with van der Waals surface area (Å²) >= 11 is 0. The molecule has 1 aliphatic carbocycles. The zero-order valence-corrected chi connectivity index (χ0v) is 16.2. The van der Waals surface area contributed by atoms with E-state index in [1.807, 2.05) is 0 Å². The molecule has 0 unspecified atom stereocenters. The van der Waals surface area contributed by atoms with Crippen LogP contribution in [0.1, 0.15) is 52.1 Å². The normalized spacial score (nSPS) is 21.8. The van der Waals surface area contributed by atoms with Gasteiger partial charge in [-0.1, -0.05) is 50.2 Å². The number of fused-ring (bicyclic) bond motifs is 2. The predicted octanol–water partition coefficient (Wildman–Crippen LogP) is 3.38. The van der Waals surface area contributed by atoms with Gasteiger partial charge in [0, 0.05) is 29.8 Å². The van der Waals surface area contributed by atoms with Gasteiger partial charge in [0.15, 0.2) is 11.6 Å². The molecule has 4 rings (SSSR count). The number of nitrogens with zero attached hydrogens (tertiary/aromatic N) is 1. The number of amides is 1. The number of benzene rings is 2. The molecule has 5 heteroatoms. The lowest BCUT2D eigenvalue weighted by Gasteiger charge is -2.34. The van der Waals surface area contributed by atoms with Crippen molar-refractivity contribution in [2.24, 2.45) is 11.8 Å². The van der Waals surface area contributed by atoms with Gasteiger partial charge in [0.05, 0.1) is 17.8 Å². The molecule has 1 saturated heterocycles. The molecule has 0 radical (unpaired) electrons. The number of nitrogens with one attached hydrogen (secondary N) is 1. The van der Waals surface area contributed by atoms with Gasteiger partial charge in [0.25, 0.3) is 0 Å². The number of ketones is 2. The summed E-state index contributed by atoms with van der Waals surface area (Å²) in [6.45, 7) is 6.49. The van der Waals surface area contributed by atoms with E-state index in [1.54, 1.807) is 42.5 Å². The number of rotatable bonds is 3. The van der Waals surface area contributed by atoms with Crippen LogP contribution in [-0.4, -0.2) is 42.0 Å². The minimum absolute atomic E-state index is 0.159. The van der Waals surface area contributed by atoms with Crippen molar-refractivity contribution in [1.29, 1.82) is 0 Å². The molecule has 0 spiro atoms. The van der Waals surface area contributed by atoms with Gasteiger partial charge < -0.3 is 5.32 Å². The molecule has 2 atom stereocenters. The molecule has 2 aromatic rings. The van der Waals surface area contributed by atoms with Crippen LogP contribution in [0.25, 0.3) is 0 Å². The highest BCUT2D eigenvalue weighted by Crippen LogP contribution is 2.32. The third kappa shape index (κ3) is 3.38. The fourth-order valence-electron chi connectivity index (χ4n) is 4.56. The Balaban J connectivity index is 1.58. The van der Waals surface area contributed by atoms with Crippen molar-refractivity contribution in [3.8, 4) is 0 Å². The molecule has 2 aliphatic rings. The number of hydrogen-bond donors (Lipinski definition) is 1. The molecule has 28 heavy (non-hydrogen) atoms. The highest BCUT2D eigenvalue weighted by Gasteiger charge is 2.32. The SMILES string of the molecule is C[C@@H]1C[C@@H](C)CN(CC(=O)Nc2cccc3c2C(=O)c2ccccc2C3=O)C1. The Morgan fingerprint density at radius 3 is 2.21 bits per heavy atom. The zero-order valence-electron chi connectivity index (χ0n) is 16.2. The first kappa shape index (κ1) is 18.6. The summed E-state index contributed by atoms with van der Waals surface area (Å²) in [5.74, 6) is 0.573. The van der Waals surface area contributed by atoms with Gasteiger partial charge in [-0.2, -0.15) is 0 Å². The van der Waals surface area contributed by atoms with Crippen LogP contribution in [0.2, 0.25) is 0 Å². The Hall–Kier alpha value is -2.79. The number of hydrogen-bond acceptors (Lipinski definition) is 4. The van der Waals surface area contributed by atoms with Crippen LogP contribution in [-0.2, 0) is 4.79 Å². The summed E-state index contributed by atoms with van der Waals surface area (Å²) in [6.07, 6.45) is 1.18. The summed E-state index contributed by atoms with van der Waals surface area (Å²) in [4.78, 5) is 40.6. The van der Waals surface area contributed by atoms with Crippen LogP contribution in [0.15, 0.2) is 42.5 Å². The lowest BCUT2D eigenvalue weighted by molar-refractivity contribution is -0.117. The monoisotopic (exact) mass is 376 g/mol. The molecule has 1 amide bonds. The first-order valence-corrected chi connectivity index (χ1v) is 9.77. The topological polar surface area (TPSA) is 66.5 Å². The van der Waals surface area contributed by atoms with Gasteiger partial charge in [0.1, 0.15) is 0 Å². The molecule has 144 valence electrons. The number of piperidine rings is 1. The van der Waals surface area contributed by atoms with Crippen molar-refractivity contribution in [3.05, 3.63) is 64.7 Å². The third-order valence-corrected chi connectivity index (χ3v) is 5.54. The van der Waals surface area contributed by atoms with E-state index in [2.05, 4.69) is 24.1 Å². The molecule has 0 aromatic heterocycles. The molecule has 1 heterocycles. The van der Waals surface area contributed by atoms with Gasteiger partial charge in [-0.3, -0.25) is 19.3 Å². The molecule has 0 saturated carbocycles. The van der Waals surface area contributed by atoms with Gasteiger partial charge in [-0.15, -0.1) is 0 Å². The van der Waals surface area contributed by atoms with Gasteiger partial charge in [-0.05, 0) is 24.3 Å². The molecular formula is C23H24N2O3. The van der Waals surface area contributed by atoms with E-state index < -0.39 is 0 Å². The minimum Gasteiger partial charge on any atom is -0.324 e. The molecule has 5 nitrogen and oxygen atoms in total. The number of likely N-dealkylation sites (tertiary alicyclic amines) is 1. The second kappa shape index (κ2) is 7.32. The number of anilines is 1. The van der Waals surface area contributed by atoms with Crippen LogP contribution in [0, 0.1) is 11.8 Å². The van der Waals surface area contributed by atoms with E-state index in [9.17, 15) is 14.4 Å². The number of carbonyl (C=O) groups excluding carboxylic acids is 3. The fraction of sp³-hybridized carbons (Fsp3) is 0.348. The Kier molecular flexibility index (Phi) is 4.85. The van der Waals surface area contributed by atoms with Crippen LogP contribution in [0.5, 0.6) is 0 Å². The molecule has 1 N–H and O–H groups in total.